The Balaban J connectivity index is 1.13. The summed E-state index contributed by atoms with van der Waals surface area (Å²) < 4.78 is 5.74. The average molecular weight is 829 g/mol. The van der Waals surface area contributed by atoms with Crippen molar-refractivity contribution in [1.29, 1.82) is 0 Å². The average Bonchev–Trinajstić information content (AvgIpc) is 3.97. The second-order valence-electron chi connectivity index (χ2n) is 19.0. The van der Waals surface area contributed by atoms with E-state index in [1.54, 1.807) is 0 Å². The molecule has 0 aromatic rings. The lowest BCUT2D eigenvalue weighted by Crippen LogP contribution is -2.16. The minimum Gasteiger partial charge on any atom is -0.511 e. The number of aliphatic hydroxyl groups excluding tert-OH is 2. The molecule has 6 rings (SSSR count). The van der Waals surface area contributed by atoms with Crippen molar-refractivity contribution in [3.8, 4) is 0 Å². The largest absolute Gasteiger partial charge is 0.511 e. The lowest BCUT2D eigenvalue weighted by molar-refractivity contribution is -0.142. The Kier molecular flexibility index (Phi) is 15.1. The zero-order chi connectivity index (χ0) is 44.1. The van der Waals surface area contributed by atoms with E-state index in [4.69, 9.17) is 19.7 Å². The molecule has 0 aromatic heterocycles. The third kappa shape index (κ3) is 10.4. The molecule has 0 amide bonds. The van der Waals surface area contributed by atoms with Crippen molar-refractivity contribution in [3.63, 3.8) is 0 Å². The van der Waals surface area contributed by atoms with E-state index in [-0.39, 0.29) is 30.8 Å². The van der Waals surface area contributed by atoms with Gasteiger partial charge < -0.3 is 20.3 Å². The van der Waals surface area contributed by atoms with Crippen LogP contribution < -0.4 is 5.32 Å². The van der Waals surface area contributed by atoms with Crippen molar-refractivity contribution < 1.29 is 19.7 Å². The highest BCUT2D eigenvalue weighted by atomic mass is 16.5. The normalized spacial score (nSPS) is 22.7. The Bertz CT molecular complexity index is 2170. The van der Waals surface area contributed by atoms with Gasteiger partial charge in [-0.15, -0.1) is 0 Å². The second-order valence-corrected chi connectivity index (χ2v) is 19.0. The summed E-state index contributed by atoms with van der Waals surface area (Å²) >= 11 is 0. The van der Waals surface area contributed by atoms with Crippen molar-refractivity contribution in [1.82, 2.24) is 5.32 Å². The molecule has 8 nitrogen and oxygen atoms in total. The first-order valence-corrected chi connectivity index (χ1v) is 23.2. The van der Waals surface area contributed by atoms with Gasteiger partial charge in [0.1, 0.15) is 12.4 Å². The fourth-order valence-electron chi connectivity index (χ4n) is 9.78. The van der Waals surface area contributed by atoms with Crippen molar-refractivity contribution in [2.45, 2.75) is 152 Å². The zero-order valence-electron chi connectivity index (χ0n) is 38.8. The second kappa shape index (κ2) is 20.1. The molecule has 1 fully saturated rings. The summed E-state index contributed by atoms with van der Waals surface area (Å²) in [5.41, 5.74) is 14.9. The number of aliphatic imine (C=N–C) groups is 3. The smallest absolute Gasteiger partial charge is 0.306 e. The van der Waals surface area contributed by atoms with Gasteiger partial charge in [-0.1, -0.05) is 92.7 Å². The Labute approximate surface area is 366 Å². The van der Waals surface area contributed by atoms with E-state index < -0.39 is 6.10 Å². The van der Waals surface area contributed by atoms with E-state index in [1.807, 2.05) is 26.0 Å². The molecule has 61 heavy (non-hydrogen) atoms. The molecule has 8 heteroatoms. The van der Waals surface area contributed by atoms with Gasteiger partial charge in [-0.25, -0.2) is 15.0 Å². The summed E-state index contributed by atoms with van der Waals surface area (Å²) in [6.07, 6.45) is 20.8. The van der Waals surface area contributed by atoms with Crippen molar-refractivity contribution in [3.05, 3.63) is 116 Å². The predicted molar refractivity (Wildman–Crippen MR) is 252 cm³/mol. The van der Waals surface area contributed by atoms with Crippen LogP contribution in [-0.4, -0.2) is 46.0 Å². The number of carbonyl (C=O) groups is 1. The van der Waals surface area contributed by atoms with E-state index in [0.717, 1.165) is 109 Å². The molecule has 3 N–H and O–H groups in total. The number of aliphatic hydroxyl groups is 2. The van der Waals surface area contributed by atoms with Gasteiger partial charge in [-0.3, -0.25) is 4.79 Å². The number of nitrogens with zero attached hydrogens (tertiary/aromatic N) is 3. The fraction of sp³-hybridized carbons (Fsp3) is 0.547. The van der Waals surface area contributed by atoms with E-state index in [0.29, 0.717) is 30.9 Å². The van der Waals surface area contributed by atoms with Gasteiger partial charge in [0.05, 0.1) is 40.3 Å². The SMILES string of the molecule is C=CC1=C(C)C2=NC1=CC1=NC(=CC3=C(C)C4=C(O)CC(=C5NC(=C2)[C@@H](C)[C@@H]5CCC(=O)OC/C=C(\C)C(O)CC[C@H](C)CCC[C@H](C)CCCC(C)C)C4=N3)C(CC)=C1C. The first-order valence-electron chi connectivity index (χ1n) is 23.2. The van der Waals surface area contributed by atoms with Gasteiger partial charge in [-0.2, -0.15) is 0 Å². The van der Waals surface area contributed by atoms with Crippen molar-refractivity contribution >= 4 is 23.1 Å². The number of hydrogen-bond donors (Lipinski definition) is 3. The molecular formula is C53H72N4O4. The number of rotatable bonds is 19. The third-order valence-electron chi connectivity index (χ3n) is 13.9. The summed E-state index contributed by atoms with van der Waals surface area (Å²) in [6.45, 7) is 26.0. The number of allylic oxidation sites excluding steroid dienone is 12. The van der Waals surface area contributed by atoms with E-state index in [9.17, 15) is 15.0 Å². The molecule has 1 unspecified atom stereocenters. The quantitative estimate of drug-likeness (QED) is 0.0886. The van der Waals surface area contributed by atoms with Gasteiger partial charge in [-0.05, 0) is 123 Å². The van der Waals surface area contributed by atoms with Crippen LogP contribution in [0.3, 0.4) is 0 Å². The maximum Gasteiger partial charge on any atom is 0.306 e. The number of ether oxygens (including phenoxy) is 1. The highest BCUT2D eigenvalue weighted by molar-refractivity contribution is 6.21. The Hall–Kier alpha value is -4.56. The fourth-order valence-corrected chi connectivity index (χ4v) is 9.78. The Morgan fingerprint density at radius 1 is 0.918 bits per heavy atom. The molecule has 8 bridgehead atoms. The molecule has 5 atom stereocenters. The van der Waals surface area contributed by atoms with Crippen LogP contribution in [0, 0.1) is 29.6 Å². The molecule has 0 radical (unpaired) electrons. The van der Waals surface area contributed by atoms with Crippen LogP contribution in [0.4, 0.5) is 0 Å². The maximum absolute atomic E-state index is 13.3. The maximum atomic E-state index is 13.3. The van der Waals surface area contributed by atoms with E-state index in [1.165, 1.54) is 44.1 Å². The summed E-state index contributed by atoms with van der Waals surface area (Å²) in [6, 6.07) is 0. The lowest BCUT2D eigenvalue weighted by Gasteiger charge is -2.18. The molecule has 0 saturated carbocycles. The summed E-state index contributed by atoms with van der Waals surface area (Å²) in [7, 11) is 0. The van der Waals surface area contributed by atoms with E-state index >= 15 is 0 Å². The van der Waals surface area contributed by atoms with Crippen LogP contribution in [0.2, 0.25) is 0 Å². The highest BCUT2D eigenvalue weighted by Crippen LogP contribution is 2.46. The van der Waals surface area contributed by atoms with Gasteiger partial charge in [0.25, 0.3) is 0 Å². The third-order valence-corrected chi connectivity index (χ3v) is 13.9. The Morgan fingerprint density at radius 3 is 2.28 bits per heavy atom. The lowest BCUT2D eigenvalue weighted by atomic mass is 9.86. The zero-order valence-corrected chi connectivity index (χ0v) is 38.8. The number of esters is 1. The van der Waals surface area contributed by atoms with Crippen LogP contribution in [0.25, 0.3) is 0 Å². The monoisotopic (exact) mass is 829 g/mol. The van der Waals surface area contributed by atoms with Gasteiger partial charge in [0, 0.05) is 52.8 Å². The number of carbonyl (C=O) groups excluding carboxylic acids is 1. The van der Waals surface area contributed by atoms with Crippen LogP contribution in [0.1, 0.15) is 146 Å². The van der Waals surface area contributed by atoms with Crippen LogP contribution in [0.5, 0.6) is 0 Å². The van der Waals surface area contributed by atoms with Gasteiger partial charge in [0.15, 0.2) is 0 Å². The molecule has 0 spiro atoms. The summed E-state index contributed by atoms with van der Waals surface area (Å²) in [4.78, 5) is 28.7. The molecule has 1 aliphatic carbocycles. The summed E-state index contributed by atoms with van der Waals surface area (Å²) in [5.74, 6) is 2.17. The van der Waals surface area contributed by atoms with Crippen LogP contribution in [0.15, 0.2) is 131 Å². The van der Waals surface area contributed by atoms with Crippen molar-refractivity contribution in [2.75, 3.05) is 6.61 Å². The topological polar surface area (TPSA) is 116 Å². The Morgan fingerprint density at radius 2 is 1.59 bits per heavy atom. The molecular weight excluding hydrogens is 757 g/mol. The van der Waals surface area contributed by atoms with Gasteiger partial charge >= 0.3 is 5.97 Å². The minimum atomic E-state index is -0.538. The highest BCUT2D eigenvalue weighted by Gasteiger charge is 2.41. The first-order chi connectivity index (χ1) is 29.1. The van der Waals surface area contributed by atoms with Crippen LogP contribution in [-0.2, 0) is 9.53 Å². The number of nitrogens with one attached hydrogen (secondary N) is 1. The number of hydrogen-bond acceptors (Lipinski definition) is 8. The van der Waals surface area contributed by atoms with Gasteiger partial charge in [0.2, 0.25) is 0 Å². The molecule has 6 aliphatic rings. The molecule has 0 aromatic carbocycles. The molecule has 1 saturated heterocycles. The summed E-state index contributed by atoms with van der Waals surface area (Å²) in [5, 5.41) is 26.1. The molecule has 5 heterocycles. The number of fused-ring (bicyclic) bond motifs is 5. The predicted octanol–water partition coefficient (Wildman–Crippen LogP) is 12.5. The van der Waals surface area contributed by atoms with Crippen LogP contribution >= 0.6 is 0 Å². The van der Waals surface area contributed by atoms with E-state index in [2.05, 4.69) is 85.5 Å². The molecule has 328 valence electrons. The van der Waals surface area contributed by atoms with Crippen molar-refractivity contribution in [2.24, 2.45) is 44.6 Å². The standard InChI is InChI=1S/C53H72N4O4/c1-12-38-34(8)42-27-44-36(10)40(21-23-50(60)61-25-24-33(7)48(58)22-20-32(6)19-15-18-31(5)17-14-16-30(3)4)52(56-44)41-26-49(59)51-37(11)45(57-53(41)51)29-47-39(13-2)35(9)43(55-47)28-46(38)54-42/h12,24,27-32,36,40,48,56,58-59H,1,13-23,25-26H2,2-11H3/b33-24+,44-27?,46-28?,47-29?,52-41?/t31-,32-,36+,40+,48?/m1/s1. The molecule has 5 aliphatic heterocycles. The minimum absolute atomic E-state index is 0.0287. The first kappa shape index (κ1) is 46.0.